The lowest BCUT2D eigenvalue weighted by molar-refractivity contribution is 0.628. The van der Waals surface area contributed by atoms with Crippen LogP contribution in [-0.2, 0) is 0 Å². The Bertz CT molecular complexity index is 409. The number of hydrogen-bond donors (Lipinski definition) is 0. The molecule has 0 saturated carbocycles. The van der Waals surface area contributed by atoms with Crippen molar-refractivity contribution in [2.75, 3.05) is 0 Å². The topological polar surface area (TPSA) is 0 Å². The fraction of sp³-hybridized carbons (Fsp3) is 0. The number of benzene rings is 1. The third kappa shape index (κ3) is 1.74. The molecule has 1 heterocycles. The van der Waals surface area contributed by atoms with Gasteiger partial charge in [-0.3, -0.25) is 0 Å². The van der Waals surface area contributed by atoms with E-state index in [4.69, 9.17) is 11.6 Å². The highest BCUT2D eigenvalue weighted by atomic mass is 35.5. The highest BCUT2D eigenvalue weighted by Gasteiger charge is 2.05. The fourth-order valence-electron chi connectivity index (χ4n) is 1.06. The Morgan fingerprint density at radius 2 is 2.31 bits per heavy atom. The van der Waals surface area contributed by atoms with E-state index >= 15 is 0 Å². The molecule has 0 nitrogen and oxygen atoms in total. The van der Waals surface area contributed by atoms with Crippen LogP contribution in [-0.4, -0.2) is 0 Å². The van der Waals surface area contributed by atoms with Crippen LogP contribution in [0, 0.1) is 11.9 Å². The molecule has 0 fully saturated rings. The van der Waals surface area contributed by atoms with Crippen molar-refractivity contribution >= 4 is 22.9 Å². The van der Waals surface area contributed by atoms with Gasteiger partial charge in [-0.2, -0.15) is 0 Å². The van der Waals surface area contributed by atoms with Gasteiger partial charge in [-0.05, 0) is 23.6 Å². The molecule has 0 aliphatic rings. The van der Waals surface area contributed by atoms with E-state index < -0.39 is 0 Å². The second kappa shape index (κ2) is 3.48. The van der Waals surface area contributed by atoms with Gasteiger partial charge in [-0.15, -0.1) is 11.3 Å². The Morgan fingerprint density at radius 3 is 3.00 bits per heavy atom. The summed E-state index contributed by atoms with van der Waals surface area (Å²) < 4.78 is 12.9. The highest BCUT2D eigenvalue weighted by molar-refractivity contribution is 7.13. The third-order valence-corrected chi connectivity index (χ3v) is 2.86. The Balaban J connectivity index is 2.57. The molecule has 1 aromatic heterocycles. The van der Waals surface area contributed by atoms with Gasteiger partial charge in [0, 0.05) is 16.5 Å². The Hall–Kier alpha value is -0.860. The molecule has 0 unspecified atom stereocenters. The number of rotatable bonds is 1. The molecule has 0 spiro atoms. The molecule has 13 heavy (non-hydrogen) atoms. The monoisotopic (exact) mass is 211 g/mol. The molecule has 0 aliphatic carbocycles. The molecule has 0 bridgehead atoms. The van der Waals surface area contributed by atoms with Crippen LogP contribution in [0.3, 0.4) is 0 Å². The number of thiophene rings is 1. The molecule has 0 aliphatic heterocycles. The van der Waals surface area contributed by atoms with Gasteiger partial charge in [0.2, 0.25) is 0 Å². The van der Waals surface area contributed by atoms with E-state index in [0.717, 1.165) is 4.88 Å². The molecule has 0 saturated heterocycles. The van der Waals surface area contributed by atoms with Gasteiger partial charge in [0.25, 0.3) is 0 Å². The van der Waals surface area contributed by atoms with Crippen molar-refractivity contribution in [2.24, 2.45) is 0 Å². The fourth-order valence-corrected chi connectivity index (χ4v) is 2.08. The highest BCUT2D eigenvalue weighted by Crippen LogP contribution is 2.31. The van der Waals surface area contributed by atoms with Gasteiger partial charge < -0.3 is 0 Å². The van der Waals surface area contributed by atoms with Crippen LogP contribution in [0.2, 0.25) is 5.02 Å². The minimum absolute atomic E-state index is 0.312. The first-order valence-electron chi connectivity index (χ1n) is 3.68. The first-order chi connectivity index (χ1) is 6.27. The smallest absolute Gasteiger partial charge is 0.124 e. The van der Waals surface area contributed by atoms with Crippen molar-refractivity contribution < 1.29 is 4.39 Å². The second-order valence-electron chi connectivity index (χ2n) is 2.52. The summed E-state index contributed by atoms with van der Waals surface area (Å²) in [6, 6.07) is 9.12. The molecular weight excluding hydrogens is 207 g/mol. The first-order valence-corrected chi connectivity index (χ1v) is 4.94. The lowest BCUT2D eigenvalue weighted by Crippen LogP contribution is -1.78. The quantitative estimate of drug-likeness (QED) is 0.669. The Labute approximate surface area is 84.6 Å². The van der Waals surface area contributed by atoms with Crippen LogP contribution in [0.25, 0.3) is 10.4 Å². The van der Waals surface area contributed by atoms with Gasteiger partial charge in [0.1, 0.15) is 5.82 Å². The summed E-state index contributed by atoms with van der Waals surface area (Å²) in [6.07, 6.45) is 0. The summed E-state index contributed by atoms with van der Waals surface area (Å²) in [5, 5.41) is 2.39. The maximum Gasteiger partial charge on any atom is 0.124 e. The number of halogens is 2. The van der Waals surface area contributed by atoms with E-state index in [2.05, 4.69) is 6.07 Å². The van der Waals surface area contributed by atoms with E-state index in [-0.39, 0.29) is 5.82 Å². The van der Waals surface area contributed by atoms with E-state index in [0.29, 0.717) is 10.6 Å². The largest absolute Gasteiger partial charge is 0.207 e. The molecule has 2 rings (SSSR count). The summed E-state index contributed by atoms with van der Waals surface area (Å²) >= 11 is 7.40. The minimum atomic E-state index is -0.312. The minimum Gasteiger partial charge on any atom is -0.207 e. The van der Waals surface area contributed by atoms with E-state index in [9.17, 15) is 4.39 Å². The van der Waals surface area contributed by atoms with Crippen molar-refractivity contribution in [1.29, 1.82) is 0 Å². The zero-order chi connectivity index (χ0) is 9.26. The van der Waals surface area contributed by atoms with Crippen molar-refractivity contribution in [3.8, 4) is 10.4 Å². The summed E-state index contributed by atoms with van der Waals surface area (Å²) in [7, 11) is 0. The molecule has 1 radical (unpaired) electrons. The summed E-state index contributed by atoms with van der Waals surface area (Å²) in [4.78, 5) is 0.959. The van der Waals surface area contributed by atoms with Crippen molar-refractivity contribution in [3.05, 3.63) is 46.6 Å². The molecule has 0 atom stereocenters. The summed E-state index contributed by atoms with van der Waals surface area (Å²) in [5.41, 5.74) is 0.705. The standard InChI is InChI=1S/C10H5ClFS/c11-9-4-3-7(12)6-8(9)10-2-1-5-13-10/h1-3,5-6H. The van der Waals surface area contributed by atoms with Gasteiger partial charge in [-0.1, -0.05) is 17.7 Å². The van der Waals surface area contributed by atoms with Crippen LogP contribution in [0.5, 0.6) is 0 Å². The third-order valence-electron chi connectivity index (χ3n) is 1.64. The molecule has 1 aromatic carbocycles. The maximum atomic E-state index is 12.9. The van der Waals surface area contributed by atoms with Crippen LogP contribution in [0.1, 0.15) is 0 Å². The van der Waals surface area contributed by atoms with Crippen molar-refractivity contribution in [2.45, 2.75) is 0 Å². The molecule has 0 amide bonds. The number of hydrogen-bond acceptors (Lipinski definition) is 1. The maximum absolute atomic E-state index is 12.9. The SMILES string of the molecule is Fc1c[c]c(Cl)c(-c2cccs2)c1. The zero-order valence-corrected chi connectivity index (χ0v) is 8.12. The van der Waals surface area contributed by atoms with E-state index in [1.807, 2.05) is 17.5 Å². The van der Waals surface area contributed by atoms with Crippen LogP contribution >= 0.6 is 22.9 Å². The predicted molar refractivity (Wildman–Crippen MR) is 53.6 cm³/mol. The van der Waals surface area contributed by atoms with Crippen LogP contribution in [0.4, 0.5) is 4.39 Å². The molecule has 0 N–H and O–H groups in total. The van der Waals surface area contributed by atoms with E-state index in [1.54, 1.807) is 0 Å². The molecular formula is C10H5ClFS. The van der Waals surface area contributed by atoms with Gasteiger partial charge in [-0.25, -0.2) is 4.39 Å². The molecule has 3 heteroatoms. The first kappa shape index (κ1) is 8.73. The lowest BCUT2D eigenvalue weighted by Gasteiger charge is -1.99. The average Bonchev–Trinajstić information content (AvgIpc) is 2.61. The second-order valence-corrected chi connectivity index (χ2v) is 3.85. The van der Waals surface area contributed by atoms with Crippen molar-refractivity contribution in [3.63, 3.8) is 0 Å². The van der Waals surface area contributed by atoms with E-state index in [1.165, 1.54) is 23.5 Å². The summed E-state index contributed by atoms with van der Waals surface area (Å²) in [5.74, 6) is -0.312. The van der Waals surface area contributed by atoms with Crippen molar-refractivity contribution in [1.82, 2.24) is 0 Å². The summed E-state index contributed by atoms with van der Waals surface area (Å²) in [6.45, 7) is 0. The van der Waals surface area contributed by atoms with Crippen LogP contribution in [0.15, 0.2) is 29.6 Å². The lowest BCUT2D eigenvalue weighted by atomic mass is 10.2. The Morgan fingerprint density at radius 1 is 1.46 bits per heavy atom. The molecule has 2 aromatic rings. The Kier molecular flexibility index (Phi) is 2.34. The average molecular weight is 212 g/mol. The normalized spacial score (nSPS) is 10.3. The van der Waals surface area contributed by atoms with Gasteiger partial charge >= 0.3 is 0 Å². The van der Waals surface area contributed by atoms with Gasteiger partial charge in [0.05, 0.1) is 5.02 Å². The molecule has 65 valence electrons. The zero-order valence-electron chi connectivity index (χ0n) is 6.55. The predicted octanol–water partition coefficient (Wildman–Crippen LogP) is 4.01. The van der Waals surface area contributed by atoms with Gasteiger partial charge in [0.15, 0.2) is 0 Å². The van der Waals surface area contributed by atoms with Crippen LogP contribution < -0.4 is 0 Å².